The van der Waals surface area contributed by atoms with E-state index in [2.05, 4.69) is 56.8 Å². The largest absolute Gasteiger partial charge is 0.338 e. The summed E-state index contributed by atoms with van der Waals surface area (Å²) in [4.78, 5) is 15.2. The molecule has 1 unspecified atom stereocenters. The van der Waals surface area contributed by atoms with Crippen molar-refractivity contribution in [3.63, 3.8) is 0 Å². The molecule has 6 rings (SSSR count). The van der Waals surface area contributed by atoms with Gasteiger partial charge in [0.15, 0.2) is 0 Å². The number of rotatable bonds is 10. The molecule has 200 valence electrons. The number of fused-ring (bicyclic) bond motifs is 4. The Bertz CT molecular complexity index is 1350. The minimum atomic E-state index is 0.334. The molecule has 6 nitrogen and oxygen atoms in total. The van der Waals surface area contributed by atoms with Crippen LogP contribution in [0.1, 0.15) is 67.9 Å². The van der Waals surface area contributed by atoms with E-state index in [-0.39, 0.29) is 0 Å². The molecule has 0 spiro atoms. The number of benzene rings is 1. The summed E-state index contributed by atoms with van der Waals surface area (Å²) < 4.78 is 2.56. The van der Waals surface area contributed by atoms with Crippen LogP contribution in [0, 0.1) is 0 Å². The van der Waals surface area contributed by atoms with E-state index in [0.29, 0.717) is 6.04 Å². The lowest BCUT2D eigenvalue weighted by Crippen LogP contribution is -2.34. The van der Waals surface area contributed by atoms with Gasteiger partial charge in [0.05, 0.1) is 22.9 Å². The average Bonchev–Trinajstić information content (AvgIpc) is 3.30. The molecule has 1 aromatic carbocycles. The van der Waals surface area contributed by atoms with Gasteiger partial charge in [-0.15, -0.1) is 0 Å². The second-order valence-corrected chi connectivity index (χ2v) is 11.1. The van der Waals surface area contributed by atoms with Crippen LogP contribution in [0.4, 0.5) is 0 Å². The van der Waals surface area contributed by atoms with Gasteiger partial charge in [0, 0.05) is 48.3 Å². The molecule has 1 atom stereocenters. The summed E-state index contributed by atoms with van der Waals surface area (Å²) in [7, 11) is 0. The number of hydrogen-bond acceptors (Lipinski definition) is 5. The van der Waals surface area contributed by atoms with Gasteiger partial charge in [0.2, 0.25) is 0 Å². The van der Waals surface area contributed by atoms with Gasteiger partial charge in [0.1, 0.15) is 0 Å². The summed E-state index contributed by atoms with van der Waals surface area (Å²) in [5.41, 5.74) is 12.4. The zero-order chi connectivity index (χ0) is 25.7. The minimum absolute atomic E-state index is 0.334. The first-order chi connectivity index (χ1) is 18.8. The van der Waals surface area contributed by atoms with Crippen molar-refractivity contribution in [3.05, 3.63) is 71.8 Å². The smallest absolute Gasteiger partial charge is 0.0787 e. The van der Waals surface area contributed by atoms with Crippen molar-refractivity contribution in [2.75, 3.05) is 32.7 Å². The first kappa shape index (κ1) is 25.5. The van der Waals surface area contributed by atoms with Crippen molar-refractivity contribution in [2.24, 2.45) is 5.73 Å². The Balaban J connectivity index is 1.38. The van der Waals surface area contributed by atoms with E-state index in [1.807, 2.05) is 12.4 Å². The number of aromatic nitrogens is 3. The third-order valence-electron chi connectivity index (χ3n) is 8.70. The SMILES string of the molecule is NCCCCN(Cc1nccc2c3ccccc3n(CCN3CCCCC3)c12)C1CCCc2cccnc21. The lowest BCUT2D eigenvalue weighted by Gasteiger charge is -2.35. The molecule has 1 saturated heterocycles. The molecule has 6 heteroatoms. The van der Waals surface area contributed by atoms with Crippen molar-refractivity contribution in [3.8, 4) is 0 Å². The highest BCUT2D eigenvalue weighted by Crippen LogP contribution is 2.36. The molecule has 38 heavy (non-hydrogen) atoms. The van der Waals surface area contributed by atoms with Crippen molar-refractivity contribution in [2.45, 2.75) is 70.5 Å². The van der Waals surface area contributed by atoms with Crippen molar-refractivity contribution >= 4 is 21.8 Å². The number of aryl methyl sites for hydroxylation is 1. The van der Waals surface area contributed by atoms with E-state index < -0.39 is 0 Å². The Morgan fingerprint density at radius 1 is 0.868 bits per heavy atom. The number of para-hydroxylation sites is 1. The molecule has 0 amide bonds. The Morgan fingerprint density at radius 2 is 1.76 bits per heavy atom. The van der Waals surface area contributed by atoms with Gasteiger partial charge in [0.25, 0.3) is 0 Å². The van der Waals surface area contributed by atoms with Gasteiger partial charge in [-0.3, -0.25) is 14.9 Å². The number of likely N-dealkylation sites (tertiary alicyclic amines) is 1. The number of hydrogen-bond donors (Lipinski definition) is 1. The molecular formula is C32H42N6. The molecule has 4 heterocycles. The van der Waals surface area contributed by atoms with Gasteiger partial charge >= 0.3 is 0 Å². The summed E-state index contributed by atoms with van der Waals surface area (Å²) in [6, 6.07) is 15.8. The van der Waals surface area contributed by atoms with E-state index in [1.165, 1.54) is 77.5 Å². The monoisotopic (exact) mass is 510 g/mol. The summed E-state index contributed by atoms with van der Waals surface area (Å²) in [5, 5.41) is 2.66. The standard InChI is InChI=1S/C32H42N6/c33-16-4-7-21-37(30-14-8-10-25-11-9-17-35-31(25)30)24-28-32-27(15-18-34-28)26-12-2-3-13-29(26)38(32)23-22-36-19-5-1-6-20-36/h2-3,9,11-13,15,17-18,30H,1,4-8,10,14,16,19-24,33H2. The van der Waals surface area contributed by atoms with Gasteiger partial charge in [-0.2, -0.15) is 0 Å². The van der Waals surface area contributed by atoms with Crippen molar-refractivity contribution < 1.29 is 0 Å². The van der Waals surface area contributed by atoms with E-state index in [4.69, 9.17) is 15.7 Å². The molecular weight excluding hydrogens is 468 g/mol. The quantitative estimate of drug-likeness (QED) is 0.278. The molecule has 2 aliphatic rings. The Hall–Kier alpha value is -2.80. The zero-order valence-corrected chi connectivity index (χ0v) is 22.7. The van der Waals surface area contributed by atoms with Crippen LogP contribution in [0.5, 0.6) is 0 Å². The number of nitrogens with zero attached hydrogens (tertiary/aromatic N) is 5. The maximum absolute atomic E-state index is 5.90. The van der Waals surface area contributed by atoms with Crippen LogP contribution >= 0.6 is 0 Å². The third kappa shape index (κ3) is 5.22. The molecule has 1 aliphatic carbocycles. The van der Waals surface area contributed by atoms with E-state index >= 15 is 0 Å². The number of pyridine rings is 2. The number of unbranched alkanes of at least 4 members (excludes halogenated alkanes) is 1. The fraction of sp³-hybridized carbons (Fsp3) is 0.500. The highest BCUT2D eigenvalue weighted by molar-refractivity contribution is 6.08. The Labute approximate surface area is 226 Å². The van der Waals surface area contributed by atoms with Crippen LogP contribution in [-0.2, 0) is 19.5 Å². The summed E-state index contributed by atoms with van der Waals surface area (Å²) in [5.74, 6) is 0. The van der Waals surface area contributed by atoms with Crippen molar-refractivity contribution in [1.82, 2.24) is 24.3 Å². The number of piperidine rings is 1. The predicted octanol–water partition coefficient (Wildman–Crippen LogP) is 5.69. The van der Waals surface area contributed by atoms with Crippen LogP contribution < -0.4 is 5.73 Å². The normalized spacial score (nSPS) is 18.4. The van der Waals surface area contributed by atoms with Crippen LogP contribution in [0.15, 0.2) is 54.9 Å². The maximum atomic E-state index is 5.90. The predicted molar refractivity (Wildman–Crippen MR) is 156 cm³/mol. The van der Waals surface area contributed by atoms with Crippen molar-refractivity contribution in [1.29, 1.82) is 0 Å². The molecule has 0 bridgehead atoms. The fourth-order valence-corrected chi connectivity index (χ4v) is 6.78. The highest BCUT2D eigenvalue weighted by Gasteiger charge is 2.28. The third-order valence-corrected chi connectivity index (χ3v) is 8.70. The minimum Gasteiger partial charge on any atom is -0.338 e. The van der Waals surface area contributed by atoms with E-state index in [0.717, 1.165) is 58.4 Å². The first-order valence-electron chi connectivity index (χ1n) is 14.8. The molecule has 0 saturated carbocycles. The molecule has 3 aromatic heterocycles. The van der Waals surface area contributed by atoms with Gasteiger partial charge < -0.3 is 15.2 Å². The summed E-state index contributed by atoms with van der Waals surface area (Å²) >= 11 is 0. The van der Waals surface area contributed by atoms with E-state index in [9.17, 15) is 0 Å². The molecule has 1 fully saturated rings. The highest BCUT2D eigenvalue weighted by atomic mass is 15.2. The molecule has 0 radical (unpaired) electrons. The Kier molecular flexibility index (Phi) is 8.00. The van der Waals surface area contributed by atoms with Crippen LogP contribution in [0.3, 0.4) is 0 Å². The molecule has 4 aromatic rings. The average molecular weight is 511 g/mol. The second kappa shape index (κ2) is 11.9. The zero-order valence-electron chi connectivity index (χ0n) is 22.7. The van der Waals surface area contributed by atoms with Crippen LogP contribution in [0.2, 0.25) is 0 Å². The maximum Gasteiger partial charge on any atom is 0.0787 e. The summed E-state index contributed by atoms with van der Waals surface area (Å²) in [6.07, 6.45) is 13.7. The van der Waals surface area contributed by atoms with Gasteiger partial charge in [-0.05, 0) is 94.9 Å². The van der Waals surface area contributed by atoms with Crippen LogP contribution in [-0.4, -0.2) is 57.1 Å². The van der Waals surface area contributed by atoms with Crippen LogP contribution in [0.25, 0.3) is 21.8 Å². The molecule has 2 N–H and O–H groups in total. The second-order valence-electron chi connectivity index (χ2n) is 11.1. The van der Waals surface area contributed by atoms with E-state index in [1.54, 1.807) is 0 Å². The topological polar surface area (TPSA) is 63.2 Å². The Morgan fingerprint density at radius 3 is 2.66 bits per heavy atom. The molecule has 1 aliphatic heterocycles. The lowest BCUT2D eigenvalue weighted by molar-refractivity contribution is 0.161. The lowest BCUT2D eigenvalue weighted by atomic mass is 9.90. The van der Waals surface area contributed by atoms with Gasteiger partial charge in [-0.25, -0.2) is 0 Å². The first-order valence-corrected chi connectivity index (χ1v) is 14.8. The fourth-order valence-electron chi connectivity index (χ4n) is 6.78. The summed E-state index contributed by atoms with van der Waals surface area (Å²) in [6.45, 7) is 7.15. The number of nitrogens with two attached hydrogens (primary N) is 1. The van der Waals surface area contributed by atoms with Gasteiger partial charge in [-0.1, -0.05) is 30.7 Å².